The monoisotopic (exact) mass is 716 g/mol. The standard InChI is InChI=1S/C34H33FN8O7S/c1-39-27-15-20(2-5-25(27)43(34(39)48)26-6-7-29(45)36-33(26)47)19-8-11-40(12-9-19)17-22-10-13-41(37-22)23-3-4-24-21(14-23)16-28(44)32(31(24)35)42-18-30(46)38-51(42,49)50/h2-5,10,13-16,19,26,44H,6-9,11-12,17-18H2,1H3,(H,38,46)(H,36,45,47). The summed E-state index contributed by atoms with van der Waals surface area (Å²) >= 11 is 0. The minimum Gasteiger partial charge on any atom is -0.506 e. The molecule has 17 heteroatoms. The first-order chi connectivity index (χ1) is 24.4. The Morgan fingerprint density at radius 3 is 2.47 bits per heavy atom. The molecule has 0 bridgehead atoms. The third-order valence-electron chi connectivity index (χ3n) is 10.1. The number of phenolic OH excluding ortho intramolecular Hbond substituents is 1. The summed E-state index contributed by atoms with van der Waals surface area (Å²) in [6, 6.07) is 13.1. The lowest BCUT2D eigenvalue weighted by Gasteiger charge is -2.31. The van der Waals surface area contributed by atoms with Crippen molar-refractivity contribution < 1.29 is 32.3 Å². The molecule has 3 N–H and O–H groups in total. The number of imidazole rings is 1. The van der Waals surface area contributed by atoms with Gasteiger partial charge in [0, 0.05) is 31.6 Å². The SMILES string of the molecule is Cn1c(=O)n(C2CCC(=O)NC2=O)c2ccc(C3CCN(Cc4ccn(-c5ccc6c(F)c(N7CC(=O)NS7(=O)=O)c(O)cc6c5)n4)CC3)cc21. The maximum atomic E-state index is 15.5. The van der Waals surface area contributed by atoms with Crippen LogP contribution in [0.3, 0.4) is 0 Å². The number of fused-ring (bicyclic) bond motifs is 2. The lowest BCUT2D eigenvalue weighted by atomic mass is 9.89. The molecule has 1 atom stereocenters. The third-order valence-corrected chi connectivity index (χ3v) is 11.5. The maximum absolute atomic E-state index is 15.5. The number of piperidine rings is 2. The minimum atomic E-state index is -4.31. The highest BCUT2D eigenvalue weighted by Gasteiger charge is 2.38. The molecule has 3 aromatic carbocycles. The van der Waals surface area contributed by atoms with E-state index in [-0.39, 0.29) is 35.7 Å². The molecule has 5 heterocycles. The first-order valence-electron chi connectivity index (χ1n) is 16.5. The quantitative estimate of drug-likeness (QED) is 0.222. The van der Waals surface area contributed by atoms with Gasteiger partial charge >= 0.3 is 15.9 Å². The lowest BCUT2D eigenvalue weighted by molar-refractivity contribution is -0.135. The highest BCUT2D eigenvalue weighted by Crippen LogP contribution is 2.39. The predicted octanol–water partition coefficient (Wildman–Crippen LogP) is 2.06. The number of benzene rings is 3. The van der Waals surface area contributed by atoms with Gasteiger partial charge in [0.05, 0.1) is 22.4 Å². The topological polar surface area (TPSA) is 181 Å². The van der Waals surface area contributed by atoms with Crippen LogP contribution in [-0.2, 0) is 38.2 Å². The number of anilines is 1. The molecule has 5 aromatic rings. The Hall–Kier alpha value is -5.55. The van der Waals surface area contributed by atoms with E-state index in [9.17, 15) is 32.7 Å². The van der Waals surface area contributed by atoms with Crippen LogP contribution in [0, 0.1) is 5.82 Å². The van der Waals surface area contributed by atoms with Crippen molar-refractivity contribution in [2.75, 3.05) is 23.9 Å². The predicted molar refractivity (Wildman–Crippen MR) is 183 cm³/mol. The molecule has 1 unspecified atom stereocenters. The van der Waals surface area contributed by atoms with Crippen molar-refractivity contribution >= 4 is 55.4 Å². The number of phenols is 1. The summed E-state index contributed by atoms with van der Waals surface area (Å²) in [5.74, 6) is -2.90. The van der Waals surface area contributed by atoms with Crippen LogP contribution in [-0.4, -0.2) is 74.7 Å². The van der Waals surface area contributed by atoms with Gasteiger partial charge in [-0.1, -0.05) is 6.07 Å². The maximum Gasteiger partial charge on any atom is 0.329 e. The number of nitrogens with one attached hydrogen (secondary N) is 2. The molecule has 3 fully saturated rings. The van der Waals surface area contributed by atoms with E-state index in [1.54, 1.807) is 39.3 Å². The van der Waals surface area contributed by atoms with E-state index in [0.29, 0.717) is 27.4 Å². The summed E-state index contributed by atoms with van der Waals surface area (Å²) in [6.07, 6.45) is 4.07. The van der Waals surface area contributed by atoms with E-state index in [4.69, 9.17) is 5.10 Å². The largest absolute Gasteiger partial charge is 0.506 e. The van der Waals surface area contributed by atoms with Gasteiger partial charge in [0.15, 0.2) is 5.82 Å². The molecular weight excluding hydrogens is 683 g/mol. The zero-order chi connectivity index (χ0) is 35.8. The van der Waals surface area contributed by atoms with Gasteiger partial charge in [-0.25, -0.2) is 22.9 Å². The Bertz CT molecular complexity index is 2460. The van der Waals surface area contributed by atoms with Crippen molar-refractivity contribution in [2.45, 2.75) is 44.2 Å². The third kappa shape index (κ3) is 5.61. The number of imide groups is 1. The number of aryl methyl sites for hydroxylation is 1. The number of hydrogen-bond donors (Lipinski definition) is 3. The summed E-state index contributed by atoms with van der Waals surface area (Å²) in [6.45, 7) is 1.64. The van der Waals surface area contributed by atoms with Crippen molar-refractivity contribution in [3.05, 3.63) is 82.3 Å². The van der Waals surface area contributed by atoms with E-state index in [2.05, 4.69) is 10.2 Å². The fourth-order valence-electron chi connectivity index (χ4n) is 7.46. The van der Waals surface area contributed by atoms with Gasteiger partial charge in [0.1, 0.15) is 24.0 Å². The van der Waals surface area contributed by atoms with Gasteiger partial charge in [-0.3, -0.25) is 33.7 Å². The molecule has 264 valence electrons. The smallest absolute Gasteiger partial charge is 0.329 e. The first-order valence-corrected chi connectivity index (χ1v) is 17.9. The summed E-state index contributed by atoms with van der Waals surface area (Å²) in [4.78, 5) is 51.4. The second-order valence-electron chi connectivity index (χ2n) is 13.2. The molecule has 3 aliphatic rings. The van der Waals surface area contributed by atoms with Crippen LogP contribution in [0.25, 0.3) is 27.5 Å². The summed E-state index contributed by atoms with van der Waals surface area (Å²) in [5, 5.41) is 18.1. The Labute approximate surface area is 290 Å². The molecule has 0 aliphatic carbocycles. The van der Waals surface area contributed by atoms with Gasteiger partial charge < -0.3 is 5.11 Å². The van der Waals surface area contributed by atoms with Crippen LogP contribution < -0.4 is 20.0 Å². The van der Waals surface area contributed by atoms with Crippen LogP contribution >= 0.6 is 0 Å². The molecule has 0 saturated carbocycles. The fourth-order valence-corrected chi connectivity index (χ4v) is 8.62. The van der Waals surface area contributed by atoms with E-state index in [1.807, 2.05) is 24.3 Å². The van der Waals surface area contributed by atoms with Gasteiger partial charge in [0.25, 0.3) is 5.91 Å². The van der Waals surface area contributed by atoms with Gasteiger partial charge in [0.2, 0.25) is 11.8 Å². The Morgan fingerprint density at radius 1 is 0.961 bits per heavy atom. The molecule has 51 heavy (non-hydrogen) atoms. The number of carbonyl (C=O) groups is 3. The molecule has 3 amide bonds. The number of halogens is 1. The van der Waals surface area contributed by atoms with E-state index in [1.165, 1.54) is 16.7 Å². The number of rotatable bonds is 6. The minimum absolute atomic E-state index is 0.0737. The second-order valence-corrected chi connectivity index (χ2v) is 14.8. The zero-order valence-electron chi connectivity index (χ0n) is 27.4. The summed E-state index contributed by atoms with van der Waals surface area (Å²) in [7, 11) is -2.62. The van der Waals surface area contributed by atoms with E-state index >= 15 is 4.39 Å². The van der Waals surface area contributed by atoms with Crippen LogP contribution in [0.1, 0.15) is 48.9 Å². The molecule has 3 saturated heterocycles. The number of aromatic nitrogens is 4. The number of likely N-dealkylation sites (tertiary alicyclic amines) is 1. The normalized spacial score (nSPS) is 20.0. The van der Waals surface area contributed by atoms with Crippen molar-refractivity contribution in [1.29, 1.82) is 0 Å². The van der Waals surface area contributed by atoms with Gasteiger partial charge in [-0.15, -0.1) is 0 Å². The molecule has 8 rings (SSSR count). The van der Waals surface area contributed by atoms with Crippen LogP contribution in [0.2, 0.25) is 0 Å². The van der Waals surface area contributed by atoms with Crippen molar-refractivity contribution in [2.24, 2.45) is 7.05 Å². The van der Waals surface area contributed by atoms with Crippen LogP contribution in [0.15, 0.2) is 59.5 Å². The number of nitrogens with zero attached hydrogens (tertiary/aromatic N) is 6. The zero-order valence-corrected chi connectivity index (χ0v) is 28.2. The van der Waals surface area contributed by atoms with Crippen molar-refractivity contribution in [1.82, 2.24) is 33.9 Å². The second kappa shape index (κ2) is 12.1. The average Bonchev–Trinajstić information content (AvgIpc) is 3.74. The Balaban J connectivity index is 0.944. The van der Waals surface area contributed by atoms with E-state index in [0.717, 1.165) is 42.7 Å². The summed E-state index contributed by atoms with van der Waals surface area (Å²) in [5.41, 5.74) is 3.10. The molecule has 0 radical (unpaired) electrons. The van der Waals surface area contributed by atoms with Crippen molar-refractivity contribution in [3.63, 3.8) is 0 Å². The molecule has 2 aromatic heterocycles. The Morgan fingerprint density at radius 2 is 1.75 bits per heavy atom. The molecular formula is C34H33FN8O7S. The number of aromatic hydroxyl groups is 1. The highest BCUT2D eigenvalue weighted by atomic mass is 32.2. The summed E-state index contributed by atoms with van der Waals surface area (Å²) < 4.78 is 47.1. The highest BCUT2D eigenvalue weighted by molar-refractivity contribution is 7.92. The van der Waals surface area contributed by atoms with Crippen LogP contribution in [0.4, 0.5) is 10.1 Å². The lowest BCUT2D eigenvalue weighted by Crippen LogP contribution is -2.44. The fraction of sp³-hybridized carbons (Fsp3) is 0.324. The van der Waals surface area contributed by atoms with Gasteiger partial charge in [-0.2, -0.15) is 13.5 Å². The van der Waals surface area contributed by atoms with Crippen LogP contribution in [0.5, 0.6) is 5.75 Å². The number of carbonyl (C=O) groups excluding carboxylic acids is 3. The molecule has 0 spiro atoms. The molecule has 3 aliphatic heterocycles. The number of amides is 3. The average molecular weight is 717 g/mol. The first kappa shape index (κ1) is 32.6. The molecule has 15 nitrogen and oxygen atoms in total. The van der Waals surface area contributed by atoms with Crippen molar-refractivity contribution in [3.8, 4) is 11.4 Å². The van der Waals surface area contributed by atoms with Gasteiger partial charge in [-0.05, 0) is 91.7 Å². The Kier molecular flexibility index (Phi) is 7.71. The number of hydrogen-bond acceptors (Lipinski definition) is 9. The van der Waals surface area contributed by atoms with E-state index < -0.39 is 51.9 Å².